The van der Waals surface area contributed by atoms with Crippen molar-refractivity contribution < 1.29 is 18.1 Å². The second kappa shape index (κ2) is 2.42. The Bertz CT molecular complexity index is 182. The first-order chi connectivity index (χ1) is 3.81. The van der Waals surface area contributed by atoms with E-state index in [4.69, 9.17) is 21.3 Å². The van der Waals surface area contributed by atoms with Crippen molar-refractivity contribution in [3.63, 3.8) is 0 Å². The van der Waals surface area contributed by atoms with Gasteiger partial charge in [-0.15, -0.1) is 0 Å². The number of aliphatic hydroxyl groups excluding tert-OH is 1. The van der Waals surface area contributed by atoms with Gasteiger partial charge in [0.1, 0.15) is 0 Å². The molecule has 0 fully saturated rings. The zero-order chi connectivity index (χ0) is 7.71. The lowest BCUT2D eigenvalue weighted by Crippen LogP contribution is -2.32. The highest BCUT2D eigenvalue weighted by Gasteiger charge is 2.34. The molecule has 1 atom stereocenters. The molecule has 0 saturated carbocycles. The van der Waals surface area contributed by atoms with Crippen LogP contribution in [0.2, 0.25) is 0 Å². The average Bonchev–Trinajstić information content (AvgIpc) is 1.64. The van der Waals surface area contributed by atoms with E-state index in [1.165, 1.54) is 0 Å². The van der Waals surface area contributed by atoms with Crippen LogP contribution in [0.4, 0.5) is 0 Å². The van der Waals surface area contributed by atoms with Crippen molar-refractivity contribution in [3.05, 3.63) is 0 Å². The second-order valence-electron chi connectivity index (χ2n) is 1.73. The Balaban J connectivity index is 4.56. The summed E-state index contributed by atoms with van der Waals surface area (Å²) in [4.78, 5) is 0. The molecular formula is C3H7ClO4S. The predicted molar refractivity (Wildman–Crippen MR) is 32.9 cm³/mol. The normalized spacial score (nSPS) is 19.1. The molecule has 0 saturated heterocycles. The van der Waals surface area contributed by atoms with Crippen LogP contribution < -0.4 is 0 Å². The van der Waals surface area contributed by atoms with Crippen molar-refractivity contribution in [3.8, 4) is 0 Å². The molecule has 0 rings (SSSR count). The van der Waals surface area contributed by atoms with Crippen LogP contribution in [0.3, 0.4) is 0 Å². The topological polar surface area (TPSA) is 74.6 Å². The molecule has 0 heterocycles. The summed E-state index contributed by atoms with van der Waals surface area (Å²) in [6, 6.07) is 0. The average molecular weight is 175 g/mol. The summed E-state index contributed by atoms with van der Waals surface area (Å²) >= 11 is 5.11. The van der Waals surface area contributed by atoms with E-state index in [1.54, 1.807) is 0 Å². The molecule has 0 bridgehead atoms. The SMILES string of the molecule is CC(Cl)(CO)S(=O)(=O)O. The lowest BCUT2D eigenvalue weighted by atomic mass is 10.5. The first kappa shape index (κ1) is 9.16. The van der Waals surface area contributed by atoms with E-state index in [9.17, 15) is 8.42 Å². The summed E-state index contributed by atoms with van der Waals surface area (Å²) in [6.45, 7) is 0.192. The van der Waals surface area contributed by atoms with Gasteiger partial charge in [0.05, 0.1) is 6.61 Å². The van der Waals surface area contributed by atoms with E-state index < -0.39 is 20.9 Å². The summed E-state index contributed by atoms with van der Waals surface area (Å²) in [7, 11) is -4.34. The third kappa shape index (κ3) is 2.09. The molecule has 4 nitrogen and oxygen atoms in total. The number of hydrogen-bond acceptors (Lipinski definition) is 3. The Morgan fingerprint density at radius 3 is 2.00 bits per heavy atom. The van der Waals surface area contributed by atoms with Crippen LogP contribution in [-0.2, 0) is 10.1 Å². The molecule has 0 aromatic rings. The van der Waals surface area contributed by atoms with E-state index in [0.717, 1.165) is 6.92 Å². The molecule has 0 aliphatic heterocycles. The Morgan fingerprint density at radius 1 is 1.67 bits per heavy atom. The fourth-order valence-electron chi connectivity index (χ4n) is 0.0816. The highest BCUT2D eigenvalue weighted by Crippen LogP contribution is 2.19. The van der Waals surface area contributed by atoms with Crippen molar-refractivity contribution in [2.45, 2.75) is 11.1 Å². The second-order valence-corrected chi connectivity index (χ2v) is 4.64. The number of rotatable bonds is 2. The molecule has 0 spiro atoms. The Labute approximate surface area is 58.2 Å². The summed E-state index contributed by atoms with van der Waals surface area (Å²) in [5.41, 5.74) is 0. The molecule has 9 heavy (non-hydrogen) atoms. The van der Waals surface area contributed by atoms with Crippen LogP contribution in [-0.4, -0.2) is 28.9 Å². The van der Waals surface area contributed by atoms with Gasteiger partial charge in [-0.25, -0.2) is 0 Å². The van der Waals surface area contributed by atoms with Crippen molar-refractivity contribution in [1.82, 2.24) is 0 Å². The molecule has 0 aliphatic rings. The highest BCUT2D eigenvalue weighted by molar-refractivity contribution is 7.88. The van der Waals surface area contributed by atoms with E-state index in [2.05, 4.69) is 0 Å². The first-order valence-corrected chi connectivity index (χ1v) is 3.90. The fourth-order valence-corrected chi connectivity index (χ4v) is 0.245. The van der Waals surface area contributed by atoms with E-state index >= 15 is 0 Å². The molecular weight excluding hydrogens is 168 g/mol. The standard InChI is InChI=1S/C3H7ClO4S/c1-3(4,2-5)9(6,7)8/h5H,2H2,1H3,(H,6,7,8). The van der Waals surface area contributed by atoms with E-state index in [0.29, 0.717) is 0 Å². The summed E-state index contributed by atoms with van der Waals surface area (Å²) < 4.78 is 26.6. The third-order valence-electron chi connectivity index (χ3n) is 0.820. The van der Waals surface area contributed by atoms with Gasteiger partial charge in [0.15, 0.2) is 4.21 Å². The van der Waals surface area contributed by atoms with Gasteiger partial charge in [-0.1, -0.05) is 11.6 Å². The lowest BCUT2D eigenvalue weighted by Gasteiger charge is -2.13. The van der Waals surface area contributed by atoms with Gasteiger partial charge in [0.25, 0.3) is 10.1 Å². The van der Waals surface area contributed by atoms with Crippen LogP contribution in [0, 0.1) is 0 Å². The van der Waals surface area contributed by atoms with Crippen LogP contribution in [0.5, 0.6) is 0 Å². The zero-order valence-corrected chi connectivity index (χ0v) is 6.28. The molecule has 0 radical (unpaired) electrons. The third-order valence-corrected chi connectivity index (χ3v) is 2.73. The minimum Gasteiger partial charge on any atom is -0.393 e. The van der Waals surface area contributed by atoms with Crippen LogP contribution in [0.1, 0.15) is 6.92 Å². The van der Waals surface area contributed by atoms with Crippen LogP contribution >= 0.6 is 11.6 Å². The van der Waals surface area contributed by atoms with Gasteiger partial charge in [-0.05, 0) is 6.92 Å². The summed E-state index contributed by atoms with van der Waals surface area (Å²) in [5, 5.41) is 8.26. The Kier molecular flexibility index (Phi) is 2.46. The largest absolute Gasteiger partial charge is 0.393 e. The molecule has 56 valence electrons. The number of aliphatic hydroxyl groups is 1. The maximum absolute atomic E-state index is 10.1. The zero-order valence-electron chi connectivity index (χ0n) is 4.70. The van der Waals surface area contributed by atoms with Gasteiger partial charge in [-0.2, -0.15) is 8.42 Å². The minimum absolute atomic E-state index is 0.812. The molecule has 1 unspecified atom stereocenters. The fraction of sp³-hybridized carbons (Fsp3) is 1.00. The Hall–Kier alpha value is 0.160. The minimum atomic E-state index is -4.34. The first-order valence-electron chi connectivity index (χ1n) is 2.08. The number of alkyl halides is 1. The monoisotopic (exact) mass is 174 g/mol. The number of hydrogen-bond donors (Lipinski definition) is 2. The van der Waals surface area contributed by atoms with Crippen molar-refractivity contribution >= 4 is 21.7 Å². The van der Waals surface area contributed by atoms with E-state index in [-0.39, 0.29) is 0 Å². The maximum atomic E-state index is 10.1. The Morgan fingerprint density at radius 2 is 2.00 bits per heavy atom. The molecule has 0 amide bonds. The van der Waals surface area contributed by atoms with Crippen LogP contribution in [0.25, 0.3) is 0 Å². The molecule has 0 aromatic carbocycles. The molecule has 2 N–H and O–H groups in total. The van der Waals surface area contributed by atoms with Crippen molar-refractivity contribution in [2.24, 2.45) is 0 Å². The van der Waals surface area contributed by atoms with Crippen LogP contribution in [0.15, 0.2) is 0 Å². The maximum Gasteiger partial charge on any atom is 0.286 e. The van der Waals surface area contributed by atoms with Gasteiger partial charge < -0.3 is 5.11 Å². The highest BCUT2D eigenvalue weighted by atomic mass is 35.5. The van der Waals surface area contributed by atoms with Crippen molar-refractivity contribution in [1.29, 1.82) is 0 Å². The predicted octanol–water partition coefficient (Wildman–Crippen LogP) is -0.178. The quantitative estimate of drug-likeness (QED) is 0.450. The van der Waals surface area contributed by atoms with Gasteiger partial charge >= 0.3 is 0 Å². The molecule has 6 heteroatoms. The molecule has 0 aliphatic carbocycles. The summed E-state index contributed by atoms with van der Waals surface area (Å²) in [5.74, 6) is 0. The van der Waals surface area contributed by atoms with Gasteiger partial charge in [0.2, 0.25) is 0 Å². The molecule has 0 aromatic heterocycles. The van der Waals surface area contributed by atoms with Crippen molar-refractivity contribution in [2.75, 3.05) is 6.61 Å². The number of halogens is 1. The lowest BCUT2D eigenvalue weighted by molar-refractivity contribution is 0.276. The van der Waals surface area contributed by atoms with Gasteiger partial charge in [-0.3, -0.25) is 4.55 Å². The summed E-state index contributed by atoms with van der Waals surface area (Å²) in [6.07, 6.45) is 0. The smallest absolute Gasteiger partial charge is 0.286 e. The van der Waals surface area contributed by atoms with E-state index in [1.807, 2.05) is 0 Å². The van der Waals surface area contributed by atoms with Gasteiger partial charge in [0, 0.05) is 0 Å².